The fourth-order valence-electron chi connectivity index (χ4n) is 6.47. The molecule has 2 aliphatic carbocycles. The highest BCUT2D eigenvalue weighted by Crippen LogP contribution is 2.44. The molecule has 2 fully saturated rings. The van der Waals surface area contributed by atoms with E-state index in [0.717, 1.165) is 44.3 Å². The van der Waals surface area contributed by atoms with Crippen LogP contribution in [-0.4, -0.2) is 42.0 Å². The van der Waals surface area contributed by atoms with Crippen LogP contribution >= 0.6 is 0 Å². The van der Waals surface area contributed by atoms with Gasteiger partial charge in [0.2, 0.25) is 0 Å². The summed E-state index contributed by atoms with van der Waals surface area (Å²) in [4.78, 5) is 2.66. The summed E-state index contributed by atoms with van der Waals surface area (Å²) in [5, 5.41) is 10.5. The molecule has 3 nitrogen and oxygen atoms in total. The van der Waals surface area contributed by atoms with E-state index in [0.29, 0.717) is 18.9 Å². The summed E-state index contributed by atoms with van der Waals surface area (Å²) < 4.78 is 45.5. The minimum absolute atomic E-state index is 0.0217. The number of alkyl halides is 3. The van der Waals surface area contributed by atoms with Gasteiger partial charge in [-0.2, -0.15) is 13.2 Å². The molecule has 4 atom stereocenters. The summed E-state index contributed by atoms with van der Waals surface area (Å²) >= 11 is 0. The molecule has 2 saturated carbocycles. The SMILES string of the molecule is C=CC(C)(C)CCN(CC1CCCCC1)[C@@H]1CCC[C@H](CC(O)OCC)[C@H]1c1ccc(C(F)(F)F)cc1. The second-order valence-corrected chi connectivity index (χ2v) is 12.0. The standard InChI is InChI=1S/C31H48F3NO2/c1-5-30(3,4)19-20-35(22-23-11-8-7-9-12-23)27-14-10-13-25(21-28(36)37-6-2)29(27)24-15-17-26(18-16-24)31(32,33)34/h5,15-18,23,25,27-29,36H,1,6-14,19-22H2,2-4H3/t25-,27-,28?,29-/m1/s1. The van der Waals surface area contributed by atoms with Crippen LogP contribution < -0.4 is 0 Å². The zero-order valence-corrected chi connectivity index (χ0v) is 23.1. The summed E-state index contributed by atoms with van der Waals surface area (Å²) in [5.41, 5.74) is 0.359. The lowest BCUT2D eigenvalue weighted by Gasteiger charge is -2.47. The van der Waals surface area contributed by atoms with Gasteiger partial charge in [0.15, 0.2) is 6.29 Å². The molecule has 1 aromatic rings. The number of hydrogen-bond donors (Lipinski definition) is 1. The molecule has 0 spiro atoms. The van der Waals surface area contributed by atoms with Crippen LogP contribution in [0, 0.1) is 17.3 Å². The quantitative estimate of drug-likeness (QED) is 0.221. The van der Waals surface area contributed by atoms with Gasteiger partial charge in [-0.3, -0.25) is 4.90 Å². The number of aliphatic hydroxyl groups is 1. The second-order valence-electron chi connectivity index (χ2n) is 12.0. The number of allylic oxidation sites excluding steroid dienone is 1. The van der Waals surface area contributed by atoms with Gasteiger partial charge in [-0.25, -0.2) is 0 Å². The first-order chi connectivity index (χ1) is 17.5. The van der Waals surface area contributed by atoms with Gasteiger partial charge in [0.25, 0.3) is 0 Å². The van der Waals surface area contributed by atoms with E-state index in [4.69, 9.17) is 4.74 Å². The van der Waals surface area contributed by atoms with Crippen LogP contribution in [0.25, 0.3) is 0 Å². The maximum absolute atomic E-state index is 13.3. The van der Waals surface area contributed by atoms with E-state index >= 15 is 0 Å². The smallest absolute Gasteiger partial charge is 0.368 e. The lowest BCUT2D eigenvalue weighted by Crippen LogP contribution is -2.48. The normalized spacial score (nSPS) is 24.8. The Labute approximate surface area is 222 Å². The van der Waals surface area contributed by atoms with Crippen molar-refractivity contribution in [3.63, 3.8) is 0 Å². The van der Waals surface area contributed by atoms with E-state index in [1.807, 2.05) is 13.0 Å². The zero-order valence-electron chi connectivity index (χ0n) is 23.1. The number of nitrogens with zero attached hydrogens (tertiary/aromatic N) is 1. The number of halogens is 3. The van der Waals surface area contributed by atoms with Gasteiger partial charge >= 0.3 is 6.18 Å². The molecular formula is C31H48F3NO2. The molecule has 2 aliphatic rings. The molecule has 0 bridgehead atoms. The summed E-state index contributed by atoms with van der Waals surface area (Å²) in [7, 11) is 0. The van der Waals surface area contributed by atoms with Gasteiger partial charge in [0, 0.05) is 31.5 Å². The maximum atomic E-state index is 13.3. The molecule has 1 N–H and O–H groups in total. The van der Waals surface area contributed by atoms with Gasteiger partial charge < -0.3 is 9.84 Å². The summed E-state index contributed by atoms with van der Waals surface area (Å²) in [6.07, 6.45) is 7.74. The van der Waals surface area contributed by atoms with Crippen molar-refractivity contribution in [1.82, 2.24) is 4.90 Å². The van der Waals surface area contributed by atoms with Crippen molar-refractivity contribution in [2.75, 3.05) is 19.7 Å². The van der Waals surface area contributed by atoms with Crippen LogP contribution in [0.4, 0.5) is 13.2 Å². The molecule has 3 rings (SSSR count). The Morgan fingerprint density at radius 1 is 1.05 bits per heavy atom. The Kier molecular flexibility index (Phi) is 11.1. The number of benzene rings is 1. The second kappa shape index (κ2) is 13.6. The number of hydrogen-bond acceptors (Lipinski definition) is 3. The van der Waals surface area contributed by atoms with Crippen LogP contribution in [0.3, 0.4) is 0 Å². The number of rotatable bonds is 12. The minimum atomic E-state index is -4.35. The molecule has 0 saturated heterocycles. The molecule has 0 aliphatic heterocycles. The summed E-state index contributed by atoms with van der Waals surface area (Å²) in [6, 6.07) is 6.04. The zero-order chi connectivity index (χ0) is 27.1. The van der Waals surface area contributed by atoms with Crippen LogP contribution in [-0.2, 0) is 10.9 Å². The largest absolute Gasteiger partial charge is 0.416 e. The van der Waals surface area contributed by atoms with Crippen LogP contribution in [0.2, 0.25) is 0 Å². The van der Waals surface area contributed by atoms with Gasteiger partial charge in [0.1, 0.15) is 0 Å². The van der Waals surface area contributed by atoms with Crippen molar-refractivity contribution in [2.24, 2.45) is 17.3 Å². The first kappa shape index (κ1) is 30.2. The van der Waals surface area contributed by atoms with Crippen molar-refractivity contribution >= 4 is 0 Å². The first-order valence-corrected chi connectivity index (χ1v) is 14.4. The summed E-state index contributed by atoms with van der Waals surface area (Å²) in [6.45, 7) is 12.8. The molecule has 0 aromatic heterocycles. The Bertz CT molecular complexity index is 817. The van der Waals surface area contributed by atoms with E-state index in [1.165, 1.54) is 44.2 Å². The predicted molar refractivity (Wildman–Crippen MR) is 144 cm³/mol. The van der Waals surface area contributed by atoms with Crippen LogP contribution in [0.5, 0.6) is 0 Å². The maximum Gasteiger partial charge on any atom is 0.416 e. The van der Waals surface area contributed by atoms with Crippen molar-refractivity contribution in [3.05, 3.63) is 48.0 Å². The minimum Gasteiger partial charge on any atom is -0.368 e. The molecule has 210 valence electrons. The fraction of sp³-hybridized carbons (Fsp3) is 0.742. The van der Waals surface area contributed by atoms with Crippen LogP contribution in [0.15, 0.2) is 36.9 Å². The monoisotopic (exact) mass is 523 g/mol. The predicted octanol–water partition coefficient (Wildman–Crippen LogP) is 8.19. The lowest BCUT2D eigenvalue weighted by molar-refractivity contribution is -0.137. The fourth-order valence-corrected chi connectivity index (χ4v) is 6.47. The number of aliphatic hydroxyl groups excluding tert-OH is 1. The summed E-state index contributed by atoms with van der Waals surface area (Å²) in [5.74, 6) is 0.878. The topological polar surface area (TPSA) is 32.7 Å². The van der Waals surface area contributed by atoms with Crippen molar-refractivity contribution in [1.29, 1.82) is 0 Å². The average molecular weight is 524 g/mol. The number of ether oxygens (including phenoxy) is 1. The highest BCUT2D eigenvalue weighted by atomic mass is 19.4. The highest BCUT2D eigenvalue weighted by molar-refractivity contribution is 5.29. The average Bonchev–Trinajstić information content (AvgIpc) is 2.87. The molecule has 37 heavy (non-hydrogen) atoms. The van der Waals surface area contributed by atoms with Gasteiger partial charge in [-0.1, -0.05) is 57.7 Å². The Hall–Kier alpha value is -1.37. The molecular weight excluding hydrogens is 475 g/mol. The van der Waals surface area contributed by atoms with Crippen molar-refractivity contribution < 1.29 is 23.0 Å². The van der Waals surface area contributed by atoms with Crippen LogP contribution in [0.1, 0.15) is 102 Å². The molecule has 1 unspecified atom stereocenters. The van der Waals surface area contributed by atoms with E-state index in [1.54, 1.807) is 12.1 Å². The highest BCUT2D eigenvalue weighted by Gasteiger charge is 2.40. The van der Waals surface area contributed by atoms with Gasteiger partial charge in [-0.15, -0.1) is 6.58 Å². The Balaban J connectivity index is 1.94. The molecule has 6 heteroatoms. The van der Waals surface area contributed by atoms with E-state index in [-0.39, 0.29) is 23.3 Å². The third-order valence-corrected chi connectivity index (χ3v) is 8.77. The molecule has 1 aromatic carbocycles. The lowest BCUT2D eigenvalue weighted by atomic mass is 9.69. The first-order valence-electron chi connectivity index (χ1n) is 14.4. The van der Waals surface area contributed by atoms with Crippen molar-refractivity contribution in [2.45, 2.75) is 109 Å². The Morgan fingerprint density at radius 3 is 2.32 bits per heavy atom. The van der Waals surface area contributed by atoms with E-state index in [9.17, 15) is 18.3 Å². The van der Waals surface area contributed by atoms with Crippen molar-refractivity contribution in [3.8, 4) is 0 Å². The molecule has 0 amide bonds. The third-order valence-electron chi connectivity index (χ3n) is 8.77. The Morgan fingerprint density at radius 2 is 1.73 bits per heavy atom. The third kappa shape index (κ3) is 8.83. The van der Waals surface area contributed by atoms with Gasteiger partial charge in [-0.05, 0) is 80.5 Å². The van der Waals surface area contributed by atoms with Gasteiger partial charge in [0.05, 0.1) is 5.56 Å². The van der Waals surface area contributed by atoms with E-state index < -0.39 is 18.0 Å². The van der Waals surface area contributed by atoms with E-state index in [2.05, 4.69) is 25.3 Å². The molecule has 0 heterocycles. The molecule has 0 radical (unpaired) electrons.